The molecule has 0 radical (unpaired) electrons. The van der Waals surface area contributed by atoms with Crippen LogP contribution in [0.15, 0.2) is 0 Å². The number of esters is 2. The smallest absolute Gasteiger partial charge is 0.462 e. The van der Waals surface area contributed by atoms with Crippen LogP contribution in [0.5, 0.6) is 0 Å². The number of hydrogen-bond donors (Lipinski definition) is 1. The zero-order valence-corrected chi connectivity index (χ0v) is 39.2. The maximum Gasteiger partial charge on any atom is 0.472 e. The van der Waals surface area contributed by atoms with E-state index in [1.165, 1.54) is 154 Å². The molecule has 9 nitrogen and oxygen atoms in total. The van der Waals surface area contributed by atoms with Crippen LogP contribution < -0.4 is 0 Å². The van der Waals surface area contributed by atoms with Crippen molar-refractivity contribution in [3.63, 3.8) is 0 Å². The second-order valence-electron chi connectivity index (χ2n) is 16.8. The van der Waals surface area contributed by atoms with E-state index in [2.05, 4.69) is 34.6 Å². The highest BCUT2D eigenvalue weighted by molar-refractivity contribution is 7.47. The van der Waals surface area contributed by atoms with Crippen LogP contribution in [-0.2, 0) is 32.7 Å². The summed E-state index contributed by atoms with van der Waals surface area (Å²) in [5, 5.41) is 0. The van der Waals surface area contributed by atoms with Crippen LogP contribution in [0.1, 0.15) is 240 Å². The van der Waals surface area contributed by atoms with Crippen molar-refractivity contribution in [2.45, 2.75) is 246 Å². The van der Waals surface area contributed by atoms with E-state index in [9.17, 15) is 19.0 Å². The highest BCUT2D eigenvalue weighted by Gasteiger charge is 2.28. The Hall–Kier alpha value is -0.990. The Morgan fingerprint density at radius 1 is 0.474 bits per heavy atom. The van der Waals surface area contributed by atoms with Gasteiger partial charge in [-0.05, 0) is 33.6 Å². The molecule has 0 aromatic rings. The lowest BCUT2D eigenvalue weighted by Gasteiger charge is -2.35. The van der Waals surface area contributed by atoms with Gasteiger partial charge in [0, 0.05) is 12.8 Å². The highest BCUT2D eigenvalue weighted by atomic mass is 31.2. The van der Waals surface area contributed by atoms with Crippen LogP contribution in [0.25, 0.3) is 0 Å². The molecule has 0 bridgehead atoms. The molecule has 0 aromatic carbocycles. The number of phosphoric ester groups is 1. The fourth-order valence-corrected chi connectivity index (χ4v) is 8.35. The van der Waals surface area contributed by atoms with Gasteiger partial charge in [-0.2, -0.15) is 0 Å². The fraction of sp³-hybridized carbons (Fsp3) is 0.957. The third-order valence-electron chi connectivity index (χ3n) is 12.0. The minimum Gasteiger partial charge on any atom is -0.462 e. The van der Waals surface area contributed by atoms with E-state index in [1.54, 1.807) is 0 Å². The van der Waals surface area contributed by atoms with Gasteiger partial charge in [0.2, 0.25) is 0 Å². The molecule has 0 aliphatic heterocycles. The molecule has 340 valence electrons. The predicted molar refractivity (Wildman–Crippen MR) is 238 cm³/mol. The molecule has 0 aliphatic carbocycles. The van der Waals surface area contributed by atoms with Gasteiger partial charge in [0.1, 0.15) is 19.8 Å². The summed E-state index contributed by atoms with van der Waals surface area (Å²) >= 11 is 0. The van der Waals surface area contributed by atoms with Crippen LogP contribution in [0, 0.1) is 0 Å². The molecule has 0 spiro atoms. The summed E-state index contributed by atoms with van der Waals surface area (Å²) in [7, 11) is -4.40. The lowest BCUT2D eigenvalue weighted by atomic mass is 10.0. The van der Waals surface area contributed by atoms with Gasteiger partial charge in [-0.3, -0.25) is 18.6 Å². The number of likely N-dealkylation sites (N-methyl/N-ethyl adjacent to an activating group) is 1. The van der Waals surface area contributed by atoms with Crippen LogP contribution >= 0.6 is 7.82 Å². The standard InChI is InChI=1S/C47H94NO8P/c1-6-11-13-15-17-19-21-23-25-27-29-31-33-35-37-39-46(49)53-43-45(44-55-57(51,52)54-42-41-48(8-3,9-4)10-5)56-47(50)40-38-36-34-32-30-28-26-24-22-20-18-16-14-12-7-2/h45H,6-44H2,1-5H3/p+1. The first-order chi connectivity index (χ1) is 27.7. The van der Waals surface area contributed by atoms with Crippen molar-refractivity contribution >= 4 is 19.8 Å². The first-order valence-corrected chi connectivity index (χ1v) is 26.0. The van der Waals surface area contributed by atoms with E-state index in [0.29, 0.717) is 13.0 Å². The van der Waals surface area contributed by atoms with Crippen molar-refractivity contribution in [3.8, 4) is 0 Å². The normalized spacial score (nSPS) is 13.4. The summed E-state index contributed by atoms with van der Waals surface area (Å²) in [6.07, 6.45) is 37.1. The van der Waals surface area contributed by atoms with E-state index >= 15 is 0 Å². The third-order valence-corrected chi connectivity index (χ3v) is 12.9. The van der Waals surface area contributed by atoms with Gasteiger partial charge in [-0.1, -0.05) is 194 Å². The molecule has 2 atom stereocenters. The van der Waals surface area contributed by atoms with E-state index in [4.69, 9.17) is 18.5 Å². The van der Waals surface area contributed by atoms with Crippen molar-refractivity contribution in [2.75, 3.05) is 46.0 Å². The van der Waals surface area contributed by atoms with Crippen molar-refractivity contribution in [1.82, 2.24) is 0 Å². The molecule has 0 amide bonds. The molecule has 2 unspecified atom stereocenters. The molecule has 57 heavy (non-hydrogen) atoms. The number of ether oxygens (including phenoxy) is 2. The number of hydrogen-bond acceptors (Lipinski definition) is 7. The number of carbonyl (C=O) groups is 2. The Morgan fingerprint density at radius 2 is 0.807 bits per heavy atom. The first-order valence-electron chi connectivity index (χ1n) is 24.5. The zero-order valence-electron chi connectivity index (χ0n) is 38.4. The number of rotatable bonds is 45. The lowest BCUT2D eigenvalue weighted by molar-refractivity contribution is -0.923. The average Bonchev–Trinajstić information content (AvgIpc) is 3.20. The Balaban J connectivity index is 4.47. The van der Waals surface area contributed by atoms with Crippen LogP contribution in [-0.4, -0.2) is 73.4 Å². The van der Waals surface area contributed by atoms with Crippen molar-refractivity contribution in [1.29, 1.82) is 0 Å². The quantitative estimate of drug-likeness (QED) is 0.0280. The number of quaternary nitrogens is 1. The predicted octanol–water partition coefficient (Wildman–Crippen LogP) is 14.0. The highest BCUT2D eigenvalue weighted by Crippen LogP contribution is 2.43. The maximum absolute atomic E-state index is 12.8. The summed E-state index contributed by atoms with van der Waals surface area (Å²) in [6.45, 7) is 13.6. The van der Waals surface area contributed by atoms with Gasteiger partial charge in [0.15, 0.2) is 6.10 Å². The molecule has 0 aliphatic rings. The molecule has 1 N–H and O–H groups in total. The number of phosphoric acid groups is 1. The summed E-state index contributed by atoms with van der Waals surface area (Å²) in [5.41, 5.74) is 0. The van der Waals surface area contributed by atoms with E-state index in [-0.39, 0.29) is 32.2 Å². The van der Waals surface area contributed by atoms with E-state index < -0.39 is 19.9 Å². The lowest BCUT2D eigenvalue weighted by Crippen LogP contribution is -2.49. The van der Waals surface area contributed by atoms with Crippen molar-refractivity contribution in [2.24, 2.45) is 0 Å². The van der Waals surface area contributed by atoms with Crippen LogP contribution in [0.3, 0.4) is 0 Å². The van der Waals surface area contributed by atoms with Gasteiger partial charge in [0.25, 0.3) is 0 Å². The SMILES string of the molecule is CCCCCCCCCCCCCCCCCC(=O)OCC(COP(=O)(O)OCC[N+](CC)(CC)CC)OC(=O)CCCCCCCCCCCCCCCCC. The fourth-order valence-electron chi connectivity index (χ4n) is 7.61. The molecule has 0 fully saturated rings. The Bertz CT molecular complexity index is 938. The van der Waals surface area contributed by atoms with Crippen molar-refractivity contribution in [3.05, 3.63) is 0 Å². The summed E-state index contributed by atoms with van der Waals surface area (Å²) in [5.74, 6) is -0.772. The van der Waals surface area contributed by atoms with Crippen LogP contribution in [0.2, 0.25) is 0 Å². The van der Waals surface area contributed by atoms with Gasteiger partial charge < -0.3 is 18.9 Å². The first kappa shape index (κ1) is 56.0. The molecule has 0 rings (SSSR count). The van der Waals surface area contributed by atoms with Gasteiger partial charge in [-0.15, -0.1) is 0 Å². The average molecular weight is 833 g/mol. The topological polar surface area (TPSA) is 108 Å². The number of nitrogens with zero attached hydrogens (tertiary/aromatic N) is 1. The van der Waals surface area contributed by atoms with Gasteiger partial charge in [-0.25, -0.2) is 4.57 Å². The Kier molecular flexibility index (Phi) is 39.7. The largest absolute Gasteiger partial charge is 0.472 e. The van der Waals surface area contributed by atoms with Crippen LogP contribution in [0.4, 0.5) is 0 Å². The molecular weight excluding hydrogens is 737 g/mol. The Morgan fingerprint density at radius 3 is 1.16 bits per heavy atom. The van der Waals surface area contributed by atoms with Gasteiger partial charge in [0.05, 0.1) is 26.2 Å². The van der Waals surface area contributed by atoms with Crippen molar-refractivity contribution < 1.29 is 42.1 Å². The zero-order chi connectivity index (χ0) is 42.1. The number of unbranched alkanes of at least 4 members (excludes halogenated alkanes) is 28. The molecule has 10 heteroatoms. The summed E-state index contributed by atoms with van der Waals surface area (Å²) in [4.78, 5) is 35.8. The van der Waals surface area contributed by atoms with E-state index in [1.807, 2.05) is 0 Å². The monoisotopic (exact) mass is 833 g/mol. The molecule has 0 aromatic heterocycles. The molecular formula is C47H95NO8P+. The third kappa shape index (κ3) is 36.6. The molecule has 0 heterocycles. The maximum atomic E-state index is 12.8. The molecule has 0 saturated carbocycles. The second-order valence-corrected chi connectivity index (χ2v) is 18.3. The summed E-state index contributed by atoms with van der Waals surface area (Å²) in [6, 6.07) is 0. The van der Waals surface area contributed by atoms with E-state index in [0.717, 1.165) is 62.6 Å². The second kappa shape index (κ2) is 40.4. The number of carbonyl (C=O) groups excluding carboxylic acids is 2. The van der Waals surface area contributed by atoms with Gasteiger partial charge >= 0.3 is 19.8 Å². The Labute approximate surface area is 353 Å². The minimum atomic E-state index is -4.40. The minimum absolute atomic E-state index is 0.0706. The summed E-state index contributed by atoms with van der Waals surface area (Å²) < 4.78 is 35.2. The molecule has 0 saturated heterocycles.